The maximum absolute atomic E-state index is 6.36. The molecule has 2 aromatic heterocycles. The first-order valence-electron chi connectivity index (χ1n) is 17.3. The van der Waals surface area contributed by atoms with Crippen LogP contribution in [0.4, 0.5) is 17.1 Å². The van der Waals surface area contributed by atoms with Crippen LogP contribution in [0.3, 0.4) is 0 Å². The predicted molar refractivity (Wildman–Crippen MR) is 218 cm³/mol. The maximum Gasteiger partial charge on any atom is 0.137 e. The third-order valence-electron chi connectivity index (χ3n) is 9.89. The van der Waals surface area contributed by atoms with Crippen LogP contribution >= 0.6 is 11.3 Å². The third-order valence-corrected chi connectivity index (χ3v) is 11.0. The molecular weight excluding hydrogens is 639 g/mol. The van der Waals surface area contributed by atoms with Gasteiger partial charge in [0.1, 0.15) is 11.2 Å². The first-order valence-corrected chi connectivity index (χ1v) is 18.1. The molecule has 0 fully saturated rings. The van der Waals surface area contributed by atoms with Crippen LogP contribution in [0, 0.1) is 0 Å². The summed E-state index contributed by atoms with van der Waals surface area (Å²) in [6, 6.07) is 67.4. The summed E-state index contributed by atoms with van der Waals surface area (Å²) in [7, 11) is 0. The zero-order valence-electron chi connectivity index (χ0n) is 27.7. The molecule has 0 radical (unpaired) electrons. The molecule has 10 aromatic rings. The van der Waals surface area contributed by atoms with Crippen molar-refractivity contribution in [2.24, 2.45) is 0 Å². The van der Waals surface area contributed by atoms with Crippen molar-refractivity contribution in [3.05, 3.63) is 188 Å². The van der Waals surface area contributed by atoms with Gasteiger partial charge in [-0.15, -0.1) is 11.3 Å². The molecule has 10 rings (SSSR count). The van der Waals surface area contributed by atoms with Gasteiger partial charge in [0.2, 0.25) is 0 Å². The minimum absolute atomic E-state index is 0.876. The van der Waals surface area contributed by atoms with Crippen molar-refractivity contribution in [1.29, 1.82) is 0 Å². The van der Waals surface area contributed by atoms with Gasteiger partial charge in [0.25, 0.3) is 0 Å². The van der Waals surface area contributed by atoms with Crippen molar-refractivity contribution >= 4 is 70.5 Å². The van der Waals surface area contributed by atoms with Crippen LogP contribution in [0.2, 0.25) is 0 Å². The molecule has 2 nitrogen and oxygen atoms in total. The van der Waals surface area contributed by atoms with Crippen molar-refractivity contribution in [2.45, 2.75) is 0 Å². The van der Waals surface area contributed by atoms with E-state index >= 15 is 0 Å². The van der Waals surface area contributed by atoms with E-state index in [-0.39, 0.29) is 0 Å². The van der Waals surface area contributed by atoms with Crippen molar-refractivity contribution in [1.82, 2.24) is 0 Å². The van der Waals surface area contributed by atoms with E-state index in [1.54, 1.807) is 0 Å². The molecule has 0 unspecified atom stereocenters. The molecule has 8 aromatic carbocycles. The van der Waals surface area contributed by atoms with E-state index < -0.39 is 0 Å². The van der Waals surface area contributed by atoms with Crippen LogP contribution in [-0.2, 0) is 0 Å². The quantitative estimate of drug-likeness (QED) is 0.175. The van der Waals surface area contributed by atoms with E-state index in [1.165, 1.54) is 53.6 Å². The topological polar surface area (TPSA) is 16.4 Å². The monoisotopic (exact) mass is 669 g/mol. The summed E-state index contributed by atoms with van der Waals surface area (Å²) < 4.78 is 8.99. The first kappa shape index (κ1) is 29.5. The number of nitrogens with zero attached hydrogens (tertiary/aromatic N) is 1. The summed E-state index contributed by atoms with van der Waals surface area (Å²) in [6.07, 6.45) is 0. The molecule has 240 valence electrons. The molecule has 0 aliphatic rings. The van der Waals surface area contributed by atoms with Gasteiger partial charge in [0.05, 0.1) is 11.1 Å². The van der Waals surface area contributed by atoms with Gasteiger partial charge in [-0.2, -0.15) is 0 Å². The molecule has 0 aliphatic carbocycles. The Kier molecular flexibility index (Phi) is 7.04. The predicted octanol–water partition coefficient (Wildman–Crippen LogP) is 14.4. The number of rotatable bonds is 6. The van der Waals surface area contributed by atoms with Gasteiger partial charge < -0.3 is 9.32 Å². The summed E-state index contributed by atoms with van der Waals surface area (Å²) in [6.45, 7) is 0. The van der Waals surface area contributed by atoms with Gasteiger partial charge >= 0.3 is 0 Å². The molecule has 0 aliphatic heterocycles. The third kappa shape index (κ3) is 5.10. The maximum atomic E-state index is 6.36. The van der Waals surface area contributed by atoms with Crippen LogP contribution in [0.15, 0.2) is 192 Å². The molecule has 3 heteroatoms. The fraction of sp³-hybridized carbons (Fsp3) is 0. The number of anilines is 3. The minimum Gasteiger partial charge on any atom is -0.456 e. The highest BCUT2D eigenvalue weighted by Gasteiger charge is 2.20. The molecule has 0 N–H and O–H groups in total. The minimum atomic E-state index is 0.876. The van der Waals surface area contributed by atoms with E-state index in [4.69, 9.17) is 4.42 Å². The average molecular weight is 670 g/mol. The Balaban J connectivity index is 1.10. The second-order valence-electron chi connectivity index (χ2n) is 12.9. The summed E-state index contributed by atoms with van der Waals surface area (Å²) in [5.74, 6) is 0. The van der Waals surface area contributed by atoms with E-state index in [9.17, 15) is 0 Å². The summed E-state index contributed by atoms with van der Waals surface area (Å²) in [5.41, 5.74) is 12.3. The lowest BCUT2D eigenvalue weighted by molar-refractivity contribution is 0.669. The fourth-order valence-electron chi connectivity index (χ4n) is 7.49. The van der Waals surface area contributed by atoms with Crippen molar-refractivity contribution in [3.63, 3.8) is 0 Å². The Morgan fingerprint density at radius 2 is 0.941 bits per heavy atom. The van der Waals surface area contributed by atoms with Gasteiger partial charge in [0.15, 0.2) is 0 Å². The second kappa shape index (κ2) is 12.2. The molecule has 0 saturated carbocycles. The smallest absolute Gasteiger partial charge is 0.137 e. The van der Waals surface area contributed by atoms with E-state index in [0.29, 0.717) is 0 Å². The largest absolute Gasteiger partial charge is 0.456 e. The number of hydrogen-bond acceptors (Lipinski definition) is 3. The number of fused-ring (bicyclic) bond motifs is 6. The van der Waals surface area contributed by atoms with Crippen LogP contribution in [0.5, 0.6) is 0 Å². The zero-order chi connectivity index (χ0) is 33.7. The number of thiophene rings is 1. The molecule has 0 saturated heterocycles. The lowest BCUT2D eigenvalue weighted by atomic mass is 9.98. The summed E-state index contributed by atoms with van der Waals surface area (Å²) >= 11 is 1.86. The van der Waals surface area contributed by atoms with Crippen LogP contribution in [-0.4, -0.2) is 0 Å². The number of para-hydroxylation sites is 1. The molecule has 0 atom stereocenters. The highest BCUT2D eigenvalue weighted by Crippen LogP contribution is 2.45. The molecule has 0 bridgehead atoms. The Hall–Kier alpha value is -6.42. The van der Waals surface area contributed by atoms with Crippen LogP contribution < -0.4 is 4.90 Å². The second-order valence-corrected chi connectivity index (χ2v) is 14.0. The Morgan fingerprint density at radius 3 is 1.73 bits per heavy atom. The van der Waals surface area contributed by atoms with Gasteiger partial charge in [-0.1, -0.05) is 127 Å². The van der Waals surface area contributed by atoms with Crippen LogP contribution in [0.1, 0.15) is 0 Å². The van der Waals surface area contributed by atoms with Crippen molar-refractivity contribution in [2.75, 3.05) is 4.90 Å². The summed E-state index contributed by atoms with van der Waals surface area (Å²) in [4.78, 5) is 2.36. The molecular formula is C48H31NOS. The first-order chi connectivity index (χ1) is 25.3. The van der Waals surface area contributed by atoms with Crippen molar-refractivity contribution < 1.29 is 4.42 Å². The molecule has 2 heterocycles. The molecule has 51 heavy (non-hydrogen) atoms. The molecule has 0 amide bonds. The lowest BCUT2D eigenvalue weighted by Gasteiger charge is -2.26. The van der Waals surface area contributed by atoms with E-state index in [2.05, 4.69) is 181 Å². The number of hydrogen-bond donors (Lipinski definition) is 0. The standard InChI is InChI=1S/C48H31NOS/c1-2-11-32(12-3-1)35-13-8-14-36(31-35)33-23-27-37(28-24-33)49(42-18-10-20-44-48(42)40-15-4-6-19-43(40)50-44)38-29-25-34(26-30-38)39-17-9-22-46-47(39)41-16-5-7-21-45(41)51-46/h1-31H. The Bertz CT molecular complexity index is 2850. The SMILES string of the molecule is c1ccc(-c2cccc(-c3ccc(N(c4ccc(-c5cccc6sc7ccccc7c56)cc4)c4cccc5oc6ccccc6c45)cc3)c2)cc1. The van der Waals surface area contributed by atoms with Crippen LogP contribution in [0.25, 0.3) is 75.5 Å². The fourth-order valence-corrected chi connectivity index (χ4v) is 8.62. The highest BCUT2D eigenvalue weighted by atomic mass is 32.1. The average Bonchev–Trinajstić information content (AvgIpc) is 3.78. The molecule has 0 spiro atoms. The van der Waals surface area contributed by atoms with Gasteiger partial charge in [-0.3, -0.25) is 0 Å². The zero-order valence-corrected chi connectivity index (χ0v) is 28.5. The number of benzene rings is 8. The van der Waals surface area contributed by atoms with Gasteiger partial charge in [0, 0.05) is 36.9 Å². The lowest BCUT2D eigenvalue weighted by Crippen LogP contribution is -2.10. The Labute approximate surface area is 300 Å². The normalized spacial score (nSPS) is 11.5. The Morgan fingerprint density at radius 1 is 0.373 bits per heavy atom. The van der Waals surface area contributed by atoms with E-state index in [0.717, 1.165) is 39.0 Å². The summed E-state index contributed by atoms with van der Waals surface area (Å²) in [5, 5.41) is 4.84. The number of furan rings is 1. The van der Waals surface area contributed by atoms with Gasteiger partial charge in [-0.05, 0) is 94.0 Å². The van der Waals surface area contributed by atoms with Crippen molar-refractivity contribution in [3.8, 4) is 33.4 Å². The van der Waals surface area contributed by atoms with Gasteiger partial charge in [-0.25, -0.2) is 0 Å². The van der Waals surface area contributed by atoms with E-state index in [1.807, 2.05) is 23.5 Å². The highest BCUT2D eigenvalue weighted by molar-refractivity contribution is 7.25.